The standard InChI is InChI=1S/C20H45NO4Si2/c1-16(2)27(17(3)4,18(5)6)25-20(22)19(7)15-21(8)13-12-14-26(11,23-9)24-10/h16-19H,12-15H2,1-11H3. The first-order valence-corrected chi connectivity index (χ1v) is 15.0. The van der Waals surface area contributed by atoms with Gasteiger partial charge in [-0.3, -0.25) is 4.79 Å². The van der Waals surface area contributed by atoms with Crippen LogP contribution < -0.4 is 0 Å². The van der Waals surface area contributed by atoms with Gasteiger partial charge in [-0.05, 0) is 49.2 Å². The normalized spacial score (nSPS) is 14.5. The van der Waals surface area contributed by atoms with E-state index in [1.54, 1.807) is 14.2 Å². The molecule has 1 unspecified atom stereocenters. The van der Waals surface area contributed by atoms with Crippen LogP contribution in [0.5, 0.6) is 0 Å². The van der Waals surface area contributed by atoms with E-state index in [9.17, 15) is 4.79 Å². The number of carbonyl (C=O) groups excluding carboxylic acids is 1. The molecule has 0 saturated heterocycles. The first-order valence-electron chi connectivity index (χ1n) is 10.4. The third-order valence-corrected chi connectivity index (χ3v) is 15.0. The minimum absolute atomic E-state index is 0.0300. The molecule has 0 N–H and O–H groups in total. The Balaban J connectivity index is 4.76. The van der Waals surface area contributed by atoms with Gasteiger partial charge in [0.1, 0.15) is 0 Å². The second-order valence-corrected chi connectivity index (χ2v) is 18.0. The first kappa shape index (κ1) is 26.8. The lowest BCUT2D eigenvalue weighted by Gasteiger charge is -2.42. The van der Waals surface area contributed by atoms with Gasteiger partial charge in [0.2, 0.25) is 0 Å². The van der Waals surface area contributed by atoms with E-state index in [-0.39, 0.29) is 11.9 Å². The second-order valence-electron chi connectivity index (χ2n) is 9.05. The topological polar surface area (TPSA) is 48.0 Å². The van der Waals surface area contributed by atoms with Crippen LogP contribution in [0.25, 0.3) is 0 Å². The van der Waals surface area contributed by atoms with E-state index in [0.717, 1.165) is 25.6 Å². The molecule has 0 fully saturated rings. The first-order chi connectivity index (χ1) is 12.4. The molecule has 1 atom stereocenters. The van der Waals surface area contributed by atoms with Crippen LogP contribution in [0.2, 0.25) is 29.2 Å². The molecule has 0 aromatic heterocycles. The number of rotatable bonds is 13. The van der Waals surface area contributed by atoms with Gasteiger partial charge < -0.3 is 18.2 Å². The molecule has 0 aliphatic carbocycles. The highest BCUT2D eigenvalue weighted by molar-refractivity contribution is 6.78. The summed E-state index contributed by atoms with van der Waals surface area (Å²) in [6.45, 7) is 19.0. The molecule has 0 aromatic rings. The van der Waals surface area contributed by atoms with E-state index in [0.29, 0.717) is 16.6 Å². The van der Waals surface area contributed by atoms with Crippen molar-refractivity contribution in [2.75, 3.05) is 34.4 Å². The smallest absolute Gasteiger partial charge is 0.334 e. The summed E-state index contributed by atoms with van der Waals surface area (Å²) in [4.78, 5) is 15.1. The van der Waals surface area contributed by atoms with Gasteiger partial charge in [0.25, 0.3) is 14.3 Å². The van der Waals surface area contributed by atoms with Crippen molar-refractivity contribution in [3.63, 3.8) is 0 Å². The summed E-state index contributed by atoms with van der Waals surface area (Å²) in [5.74, 6) is -0.149. The Morgan fingerprint density at radius 2 is 1.37 bits per heavy atom. The van der Waals surface area contributed by atoms with Crippen molar-refractivity contribution in [3.05, 3.63) is 0 Å². The van der Waals surface area contributed by atoms with Crippen LogP contribution in [0.3, 0.4) is 0 Å². The average molecular weight is 420 g/mol. The Morgan fingerprint density at radius 3 is 1.74 bits per heavy atom. The van der Waals surface area contributed by atoms with Gasteiger partial charge in [0, 0.05) is 20.8 Å². The average Bonchev–Trinajstić information content (AvgIpc) is 2.57. The third kappa shape index (κ3) is 7.61. The summed E-state index contributed by atoms with van der Waals surface area (Å²) in [5, 5.41) is 0. The Morgan fingerprint density at radius 1 is 0.926 bits per heavy atom. The van der Waals surface area contributed by atoms with Crippen molar-refractivity contribution in [2.45, 2.75) is 84.1 Å². The maximum Gasteiger partial charge on any atom is 0.334 e. The minimum atomic E-state index is -2.16. The molecule has 0 aromatic carbocycles. The lowest BCUT2D eigenvalue weighted by atomic mass is 10.2. The Kier molecular flexibility index (Phi) is 11.6. The summed E-state index contributed by atoms with van der Waals surface area (Å²) in [5.41, 5.74) is 1.24. The van der Waals surface area contributed by atoms with Gasteiger partial charge >= 0.3 is 8.56 Å². The van der Waals surface area contributed by atoms with Crippen molar-refractivity contribution >= 4 is 22.8 Å². The summed E-state index contributed by atoms with van der Waals surface area (Å²) >= 11 is 0. The van der Waals surface area contributed by atoms with Crippen LogP contribution in [-0.2, 0) is 18.1 Å². The van der Waals surface area contributed by atoms with Crippen LogP contribution in [0.15, 0.2) is 0 Å². The fourth-order valence-electron chi connectivity index (χ4n) is 4.22. The Bertz CT molecular complexity index is 418. The summed E-state index contributed by atoms with van der Waals surface area (Å²) in [6, 6.07) is 0.952. The van der Waals surface area contributed by atoms with Crippen LogP contribution >= 0.6 is 0 Å². The third-order valence-electron chi connectivity index (χ3n) is 6.01. The summed E-state index contributed by atoms with van der Waals surface area (Å²) in [6.07, 6.45) is 1.01. The molecule has 27 heavy (non-hydrogen) atoms. The maximum atomic E-state index is 12.9. The summed E-state index contributed by atoms with van der Waals surface area (Å²) in [7, 11) is 1.36. The van der Waals surface area contributed by atoms with Gasteiger partial charge in [-0.15, -0.1) is 0 Å². The van der Waals surface area contributed by atoms with E-state index >= 15 is 0 Å². The molecule has 5 nitrogen and oxygen atoms in total. The summed E-state index contributed by atoms with van der Waals surface area (Å²) < 4.78 is 17.4. The quantitative estimate of drug-likeness (QED) is 0.392. The Labute approximate surface area is 170 Å². The molecule has 0 spiro atoms. The maximum absolute atomic E-state index is 12.9. The molecule has 0 aliphatic rings. The van der Waals surface area contributed by atoms with Crippen LogP contribution in [0.4, 0.5) is 0 Å². The fourth-order valence-corrected chi connectivity index (χ4v) is 10.9. The predicted octanol–water partition coefficient (Wildman–Crippen LogP) is 5.03. The van der Waals surface area contributed by atoms with Gasteiger partial charge in [-0.1, -0.05) is 48.5 Å². The van der Waals surface area contributed by atoms with Crippen molar-refractivity contribution < 1.29 is 18.1 Å². The van der Waals surface area contributed by atoms with Crippen molar-refractivity contribution in [3.8, 4) is 0 Å². The van der Waals surface area contributed by atoms with Gasteiger partial charge in [-0.2, -0.15) is 0 Å². The lowest BCUT2D eigenvalue weighted by molar-refractivity contribution is -0.140. The molecule has 162 valence electrons. The molecule has 7 heteroatoms. The molecule has 0 rings (SSSR count). The highest BCUT2D eigenvalue weighted by atomic mass is 28.4. The number of nitrogens with zero attached hydrogens (tertiary/aromatic N) is 1. The minimum Gasteiger partial charge on any atom is -0.518 e. The second kappa shape index (κ2) is 11.7. The SMILES string of the molecule is CO[Si](C)(CCCN(C)CC(C)C(=O)O[Si](C(C)C)(C(C)C)C(C)C)OC. The molecule has 0 heterocycles. The number of hydrogen-bond acceptors (Lipinski definition) is 5. The zero-order valence-corrected chi connectivity index (χ0v) is 21.7. The molecule has 0 bridgehead atoms. The fraction of sp³-hybridized carbons (Fsp3) is 0.950. The lowest BCUT2D eigenvalue weighted by Crippen LogP contribution is -2.50. The van der Waals surface area contributed by atoms with Crippen molar-refractivity contribution in [1.29, 1.82) is 0 Å². The van der Waals surface area contributed by atoms with E-state index in [2.05, 4.69) is 60.0 Å². The number of carbonyl (C=O) groups is 1. The van der Waals surface area contributed by atoms with Crippen LogP contribution in [-0.4, -0.2) is 62.1 Å². The van der Waals surface area contributed by atoms with Crippen LogP contribution in [0, 0.1) is 5.92 Å². The van der Waals surface area contributed by atoms with E-state index < -0.39 is 16.9 Å². The van der Waals surface area contributed by atoms with E-state index in [1.165, 1.54) is 0 Å². The zero-order chi connectivity index (χ0) is 21.4. The van der Waals surface area contributed by atoms with Gasteiger partial charge in [-0.25, -0.2) is 0 Å². The molecule has 0 saturated carbocycles. The van der Waals surface area contributed by atoms with Gasteiger partial charge in [0.05, 0.1) is 5.92 Å². The largest absolute Gasteiger partial charge is 0.518 e. The molecular weight excluding hydrogens is 374 g/mol. The number of hydrogen-bond donors (Lipinski definition) is 0. The zero-order valence-electron chi connectivity index (χ0n) is 19.7. The molecule has 0 aliphatic heterocycles. The molecular formula is C20H45NO4Si2. The monoisotopic (exact) mass is 419 g/mol. The molecule has 0 radical (unpaired) electrons. The van der Waals surface area contributed by atoms with Gasteiger partial charge in [0.15, 0.2) is 0 Å². The highest BCUT2D eigenvalue weighted by Gasteiger charge is 2.48. The van der Waals surface area contributed by atoms with E-state index in [4.69, 9.17) is 13.3 Å². The van der Waals surface area contributed by atoms with Crippen molar-refractivity contribution in [2.24, 2.45) is 5.92 Å². The molecule has 0 amide bonds. The van der Waals surface area contributed by atoms with Crippen molar-refractivity contribution in [1.82, 2.24) is 4.90 Å². The van der Waals surface area contributed by atoms with Crippen LogP contribution in [0.1, 0.15) is 54.9 Å². The Hall–Kier alpha value is -0.216. The predicted molar refractivity (Wildman–Crippen MR) is 119 cm³/mol. The van der Waals surface area contributed by atoms with E-state index in [1.807, 2.05) is 6.92 Å². The highest BCUT2D eigenvalue weighted by Crippen LogP contribution is 2.42.